The van der Waals surface area contributed by atoms with E-state index in [1.54, 1.807) is 12.1 Å². The molecule has 0 fully saturated rings. The van der Waals surface area contributed by atoms with Gasteiger partial charge in [0.25, 0.3) is 0 Å². The maximum atomic E-state index is 10.2. The molecule has 0 saturated carbocycles. The van der Waals surface area contributed by atoms with Crippen LogP contribution in [0.15, 0.2) is 60.9 Å². The van der Waals surface area contributed by atoms with E-state index >= 15 is 0 Å². The second-order valence-electron chi connectivity index (χ2n) is 8.52. The Kier molecular flexibility index (Phi) is 4.24. The van der Waals surface area contributed by atoms with E-state index in [4.69, 9.17) is 4.98 Å². The molecule has 0 atom stereocenters. The van der Waals surface area contributed by atoms with Crippen LogP contribution in [0, 0.1) is 0 Å². The lowest BCUT2D eigenvalue weighted by Crippen LogP contribution is -2.02. The second-order valence-corrected chi connectivity index (χ2v) is 8.52. The predicted octanol–water partition coefficient (Wildman–Crippen LogP) is 6.66. The van der Waals surface area contributed by atoms with Crippen LogP contribution in [0.25, 0.3) is 38.7 Å². The van der Waals surface area contributed by atoms with Gasteiger partial charge >= 0.3 is 0 Å². The third-order valence-corrected chi connectivity index (χ3v) is 5.92. The number of hydrogen-bond donors (Lipinski definition) is 1. The summed E-state index contributed by atoms with van der Waals surface area (Å²) in [4.78, 5) is 9.53. The molecule has 0 aliphatic heterocycles. The summed E-state index contributed by atoms with van der Waals surface area (Å²) < 4.78 is 2.21. The van der Waals surface area contributed by atoms with Gasteiger partial charge in [0.1, 0.15) is 11.4 Å². The molecule has 0 aliphatic rings. The van der Waals surface area contributed by atoms with E-state index in [9.17, 15) is 5.11 Å². The van der Waals surface area contributed by atoms with Crippen molar-refractivity contribution in [1.29, 1.82) is 0 Å². The summed E-state index contributed by atoms with van der Waals surface area (Å²) >= 11 is 0. The van der Waals surface area contributed by atoms with E-state index in [1.165, 1.54) is 16.7 Å². The largest absolute Gasteiger partial charge is 0.508 e. The molecule has 5 aromatic rings. The van der Waals surface area contributed by atoms with Gasteiger partial charge in [0.2, 0.25) is 0 Å². The van der Waals surface area contributed by atoms with Crippen LogP contribution in [0.3, 0.4) is 0 Å². The number of phenols is 1. The highest BCUT2D eigenvalue weighted by molar-refractivity contribution is 6.11. The molecule has 0 saturated heterocycles. The van der Waals surface area contributed by atoms with Crippen LogP contribution in [0.5, 0.6) is 5.75 Å². The van der Waals surface area contributed by atoms with E-state index in [2.05, 4.69) is 61.3 Å². The zero-order valence-corrected chi connectivity index (χ0v) is 17.7. The van der Waals surface area contributed by atoms with Gasteiger partial charge in [-0.15, -0.1) is 0 Å². The van der Waals surface area contributed by atoms with Gasteiger partial charge < -0.3 is 5.11 Å². The molecule has 0 unspecified atom stereocenters. The Morgan fingerprint density at radius 1 is 0.833 bits per heavy atom. The molecule has 2 aromatic carbocycles. The molecular weight excluding hydrogens is 370 g/mol. The lowest BCUT2D eigenvalue weighted by Gasteiger charge is -2.20. The maximum absolute atomic E-state index is 10.2. The van der Waals surface area contributed by atoms with Crippen LogP contribution >= 0.6 is 0 Å². The van der Waals surface area contributed by atoms with Crippen molar-refractivity contribution in [2.45, 2.75) is 39.5 Å². The molecule has 150 valence electrons. The average Bonchev–Trinajstić information content (AvgIpc) is 3.18. The average molecular weight is 396 g/mol. The van der Waals surface area contributed by atoms with Crippen molar-refractivity contribution in [2.24, 2.45) is 0 Å². The van der Waals surface area contributed by atoms with Crippen molar-refractivity contribution in [3.8, 4) is 17.0 Å². The van der Waals surface area contributed by atoms with Crippen molar-refractivity contribution in [2.75, 3.05) is 0 Å². The number of aromatic hydroxyl groups is 1. The molecule has 4 nitrogen and oxygen atoms in total. The fraction of sp³-hybridized carbons (Fsp3) is 0.231. The number of rotatable bonds is 3. The number of aromatic nitrogens is 3. The van der Waals surface area contributed by atoms with Crippen LogP contribution in [0.4, 0.5) is 0 Å². The van der Waals surface area contributed by atoms with E-state index in [0.29, 0.717) is 11.8 Å². The van der Waals surface area contributed by atoms with Crippen molar-refractivity contribution < 1.29 is 5.11 Å². The van der Waals surface area contributed by atoms with Gasteiger partial charge in [0.15, 0.2) is 0 Å². The van der Waals surface area contributed by atoms with Gasteiger partial charge in [-0.1, -0.05) is 45.9 Å². The topological polar surface area (TPSA) is 50.4 Å². The zero-order valence-electron chi connectivity index (χ0n) is 17.7. The van der Waals surface area contributed by atoms with Gasteiger partial charge in [0.05, 0.1) is 22.9 Å². The van der Waals surface area contributed by atoms with Crippen LogP contribution in [0.2, 0.25) is 0 Å². The van der Waals surface area contributed by atoms with Gasteiger partial charge in [-0.25, -0.2) is 4.98 Å². The molecule has 1 N–H and O–H groups in total. The lowest BCUT2D eigenvalue weighted by atomic mass is 9.87. The second kappa shape index (κ2) is 6.84. The van der Waals surface area contributed by atoms with Crippen molar-refractivity contribution in [3.63, 3.8) is 0 Å². The third kappa shape index (κ3) is 2.67. The fourth-order valence-electron chi connectivity index (χ4n) is 4.52. The molecule has 0 spiro atoms. The lowest BCUT2D eigenvalue weighted by molar-refractivity contribution is 0.476. The van der Waals surface area contributed by atoms with E-state index in [0.717, 1.165) is 33.1 Å². The summed E-state index contributed by atoms with van der Waals surface area (Å²) in [6.45, 7) is 8.94. The highest BCUT2D eigenvalue weighted by Gasteiger charge is 2.21. The molecule has 0 aliphatic carbocycles. The first-order valence-corrected chi connectivity index (χ1v) is 10.5. The predicted molar refractivity (Wildman–Crippen MR) is 123 cm³/mol. The summed E-state index contributed by atoms with van der Waals surface area (Å²) in [7, 11) is 0. The van der Waals surface area contributed by atoms with Crippen molar-refractivity contribution >= 4 is 27.5 Å². The van der Waals surface area contributed by atoms with Gasteiger partial charge in [-0.3, -0.25) is 9.38 Å². The van der Waals surface area contributed by atoms with E-state index in [1.807, 2.05) is 24.5 Å². The van der Waals surface area contributed by atoms with Gasteiger partial charge in [-0.2, -0.15) is 0 Å². The fourth-order valence-corrected chi connectivity index (χ4v) is 4.52. The quantitative estimate of drug-likeness (QED) is 0.348. The minimum Gasteiger partial charge on any atom is -0.508 e. The molecule has 30 heavy (non-hydrogen) atoms. The summed E-state index contributed by atoms with van der Waals surface area (Å²) in [5.74, 6) is 1.01. The Hall–Kier alpha value is -3.40. The first-order valence-electron chi connectivity index (χ1n) is 10.5. The highest BCUT2D eigenvalue weighted by atomic mass is 16.3. The summed E-state index contributed by atoms with van der Waals surface area (Å²) in [5, 5.41) is 12.1. The standard InChI is InChI=1S/C26H25N3O/c1-15(2)18-7-5-8-19(16(3)4)24(18)23-14-28-26-21-13-17(30)10-11-20(21)25-22(29(23)26)9-6-12-27-25/h5-16,30H,1-4H3. The van der Waals surface area contributed by atoms with Crippen LogP contribution in [-0.4, -0.2) is 19.5 Å². The number of pyridine rings is 2. The summed E-state index contributed by atoms with van der Waals surface area (Å²) in [5.41, 5.74) is 7.72. The molecule has 0 bridgehead atoms. The third-order valence-electron chi connectivity index (χ3n) is 5.92. The Morgan fingerprint density at radius 3 is 2.27 bits per heavy atom. The number of hydrogen-bond acceptors (Lipinski definition) is 3. The first kappa shape index (κ1) is 18.6. The Morgan fingerprint density at radius 2 is 1.57 bits per heavy atom. The van der Waals surface area contributed by atoms with Gasteiger partial charge in [0, 0.05) is 22.5 Å². The molecule has 0 amide bonds. The molecule has 0 radical (unpaired) electrons. The van der Waals surface area contributed by atoms with Crippen molar-refractivity contribution in [3.05, 3.63) is 72.1 Å². The number of phenolic OH excluding ortho intramolecular Hbond substituents is 1. The molecule has 5 rings (SSSR count). The Labute approximate surface area is 175 Å². The number of imidazole rings is 1. The Balaban J connectivity index is 2.01. The van der Waals surface area contributed by atoms with Crippen LogP contribution in [-0.2, 0) is 0 Å². The molecule has 3 heterocycles. The molecule has 3 aromatic heterocycles. The van der Waals surface area contributed by atoms with Crippen LogP contribution < -0.4 is 0 Å². The minimum absolute atomic E-state index is 0.231. The molecular formula is C26H25N3O. The van der Waals surface area contributed by atoms with Crippen LogP contribution in [0.1, 0.15) is 50.7 Å². The highest BCUT2D eigenvalue weighted by Crippen LogP contribution is 2.39. The summed E-state index contributed by atoms with van der Waals surface area (Å²) in [6, 6.07) is 16.1. The number of nitrogens with zero attached hydrogens (tertiary/aromatic N) is 3. The van der Waals surface area contributed by atoms with Crippen molar-refractivity contribution in [1.82, 2.24) is 14.4 Å². The smallest absolute Gasteiger partial charge is 0.145 e. The normalized spacial score (nSPS) is 12.1. The van der Waals surface area contributed by atoms with E-state index < -0.39 is 0 Å². The molecule has 4 heteroatoms. The zero-order chi connectivity index (χ0) is 21.0. The minimum atomic E-state index is 0.231. The SMILES string of the molecule is CC(C)c1cccc(C(C)C)c1-c1cnc2c3cc(O)ccc3c3ncccc3n12. The monoisotopic (exact) mass is 395 g/mol. The van der Waals surface area contributed by atoms with Gasteiger partial charge in [-0.05, 0) is 53.3 Å². The summed E-state index contributed by atoms with van der Waals surface area (Å²) in [6.07, 6.45) is 3.79. The number of benzene rings is 2. The maximum Gasteiger partial charge on any atom is 0.145 e. The Bertz CT molecular complexity index is 1390. The number of fused-ring (bicyclic) bond motifs is 6. The first-order chi connectivity index (χ1) is 14.5. The van der Waals surface area contributed by atoms with E-state index in [-0.39, 0.29) is 5.75 Å².